The lowest BCUT2D eigenvalue weighted by atomic mass is 10.2. The van der Waals surface area contributed by atoms with E-state index in [1.165, 1.54) is 0 Å². The van der Waals surface area contributed by atoms with Crippen LogP contribution in [0, 0.1) is 0 Å². The van der Waals surface area contributed by atoms with E-state index in [-0.39, 0.29) is 17.7 Å². The van der Waals surface area contributed by atoms with Crippen molar-refractivity contribution in [2.24, 2.45) is 0 Å². The Morgan fingerprint density at radius 1 is 1.32 bits per heavy atom. The van der Waals surface area contributed by atoms with Crippen molar-refractivity contribution in [3.63, 3.8) is 0 Å². The maximum atomic E-state index is 12.7. The lowest BCUT2D eigenvalue weighted by Gasteiger charge is -2.17. The first kappa shape index (κ1) is 16.5. The quantitative estimate of drug-likeness (QED) is 0.579. The monoisotopic (exact) mass is 378 g/mol. The smallest absolute Gasteiger partial charge is 0.287 e. The van der Waals surface area contributed by atoms with Crippen LogP contribution >= 0.6 is 0 Å². The highest BCUT2D eigenvalue weighted by Gasteiger charge is 2.26. The number of amides is 1. The molecule has 4 heterocycles. The molecule has 142 valence electrons. The van der Waals surface area contributed by atoms with Crippen LogP contribution in [-0.4, -0.2) is 52.0 Å². The van der Waals surface area contributed by atoms with Crippen LogP contribution in [0.2, 0.25) is 0 Å². The number of anilines is 1. The van der Waals surface area contributed by atoms with E-state index in [9.17, 15) is 4.79 Å². The molecule has 5 rings (SSSR count). The van der Waals surface area contributed by atoms with Crippen LogP contribution in [0.15, 0.2) is 47.1 Å². The van der Waals surface area contributed by atoms with Crippen LogP contribution < -0.4 is 15.0 Å². The zero-order valence-electron chi connectivity index (χ0n) is 15.2. The number of methoxy groups -OCH3 is 1. The first-order valence-corrected chi connectivity index (χ1v) is 9.01. The highest BCUT2D eigenvalue weighted by atomic mass is 16.5. The molecule has 1 aromatic carbocycles. The number of fused-ring (bicyclic) bond motifs is 2. The van der Waals surface area contributed by atoms with E-state index in [4.69, 9.17) is 9.15 Å². The Labute approximate surface area is 159 Å². The number of furan rings is 1. The van der Waals surface area contributed by atoms with Gasteiger partial charge < -0.3 is 19.4 Å². The van der Waals surface area contributed by atoms with Gasteiger partial charge in [0.05, 0.1) is 7.11 Å². The second-order valence-corrected chi connectivity index (χ2v) is 6.72. The summed E-state index contributed by atoms with van der Waals surface area (Å²) < 4.78 is 12.7. The molecule has 0 radical (unpaired) electrons. The maximum Gasteiger partial charge on any atom is 0.287 e. The predicted molar refractivity (Wildman–Crippen MR) is 102 cm³/mol. The number of aromatic nitrogens is 4. The van der Waals surface area contributed by atoms with Crippen LogP contribution in [0.25, 0.3) is 16.6 Å². The zero-order chi connectivity index (χ0) is 19.1. The fourth-order valence-corrected chi connectivity index (χ4v) is 3.54. The molecular formula is C19H18N6O3. The van der Waals surface area contributed by atoms with Gasteiger partial charge in [-0.15, -0.1) is 15.3 Å². The third kappa shape index (κ3) is 2.81. The average Bonchev–Trinajstić information content (AvgIpc) is 3.45. The Balaban J connectivity index is 1.29. The first-order chi connectivity index (χ1) is 13.7. The maximum absolute atomic E-state index is 12.7. The molecule has 1 fully saturated rings. The van der Waals surface area contributed by atoms with Gasteiger partial charge in [0.1, 0.15) is 12.1 Å². The number of rotatable bonds is 4. The Morgan fingerprint density at radius 3 is 3.14 bits per heavy atom. The third-order valence-electron chi connectivity index (χ3n) is 4.95. The van der Waals surface area contributed by atoms with Crippen molar-refractivity contribution in [1.82, 2.24) is 25.1 Å². The van der Waals surface area contributed by atoms with E-state index < -0.39 is 0 Å². The predicted octanol–water partition coefficient (Wildman–Crippen LogP) is 1.89. The van der Waals surface area contributed by atoms with Gasteiger partial charge in [-0.2, -0.15) is 4.52 Å². The van der Waals surface area contributed by atoms with Crippen molar-refractivity contribution < 1.29 is 13.9 Å². The molecule has 1 N–H and O–H groups in total. The van der Waals surface area contributed by atoms with Crippen LogP contribution in [-0.2, 0) is 0 Å². The van der Waals surface area contributed by atoms with Crippen LogP contribution in [0.4, 0.5) is 5.82 Å². The van der Waals surface area contributed by atoms with E-state index in [1.54, 1.807) is 24.0 Å². The first-order valence-electron chi connectivity index (χ1n) is 9.01. The van der Waals surface area contributed by atoms with E-state index in [2.05, 4.69) is 25.5 Å². The number of ether oxygens (including phenoxy) is 1. The van der Waals surface area contributed by atoms with Crippen molar-refractivity contribution >= 4 is 28.3 Å². The summed E-state index contributed by atoms with van der Waals surface area (Å²) in [5.41, 5.74) is 1.28. The minimum absolute atomic E-state index is 0.0148. The number of hydrogen-bond donors (Lipinski definition) is 1. The number of carbonyl (C=O) groups excluding carboxylic acids is 1. The highest BCUT2D eigenvalue weighted by molar-refractivity contribution is 5.97. The molecule has 0 spiro atoms. The van der Waals surface area contributed by atoms with Gasteiger partial charge in [0.25, 0.3) is 5.91 Å². The van der Waals surface area contributed by atoms with E-state index in [1.807, 2.05) is 30.3 Å². The zero-order valence-corrected chi connectivity index (χ0v) is 15.2. The van der Waals surface area contributed by atoms with Gasteiger partial charge in [-0.25, -0.2) is 0 Å². The summed E-state index contributed by atoms with van der Waals surface area (Å²) in [6, 6.07) is 11.1. The Hall–Kier alpha value is -3.62. The average molecular weight is 378 g/mol. The van der Waals surface area contributed by atoms with Crippen LogP contribution in [0.5, 0.6) is 5.75 Å². The molecule has 0 aliphatic carbocycles. The van der Waals surface area contributed by atoms with Crippen molar-refractivity contribution in [2.75, 3.05) is 25.1 Å². The lowest BCUT2D eigenvalue weighted by Crippen LogP contribution is -2.37. The largest absolute Gasteiger partial charge is 0.493 e. The summed E-state index contributed by atoms with van der Waals surface area (Å²) in [7, 11) is 1.58. The SMILES string of the molecule is COc1cccc2cc(C(=O)NC3CCN(c4ccc5nncn5n4)C3)oc12. The Bertz CT molecular complexity index is 1170. The van der Waals surface area contributed by atoms with E-state index in [0.29, 0.717) is 23.5 Å². The fourth-order valence-electron chi connectivity index (χ4n) is 3.54. The molecular weight excluding hydrogens is 360 g/mol. The van der Waals surface area contributed by atoms with Crippen molar-refractivity contribution in [2.45, 2.75) is 12.5 Å². The molecule has 1 saturated heterocycles. The number of nitrogens with one attached hydrogen (secondary N) is 1. The van der Waals surface area contributed by atoms with E-state index in [0.717, 1.165) is 24.2 Å². The number of nitrogens with zero attached hydrogens (tertiary/aromatic N) is 5. The fraction of sp³-hybridized carbons (Fsp3) is 0.263. The minimum Gasteiger partial charge on any atom is -0.493 e. The van der Waals surface area contributed by atoms with Gasteiger partial charge in [-0.3, -0.25) is 4.79 Å². The van der Waals surface area contributed by atoms with Gasteiger partial charge in [0.2, 0.25) is 0 Å². The van der Waals surface area contributed by atoms with Crippen molar-refractivity contribution in [3.05, 3.63) is 48.5 Å². The lowest BCUT2D eigenvalue weighted by molar-refractivity contribution is 0.0914. The summed E-state index contributed by atoms with van der Waals surface area (Å²) in [5, 5.41) is 16.2. The molecule has 1 unspecified atom stereocenters. The van der Waals surface area contributed by atoms with Gasteiger partial charge >= 0.3 is 0 Å². The summed E-state index contributed by atoms with van der Waals surface area (Å²) in [5.74, 6) is 1.49. The number of carbonyl (C=O) groups is 1. The molecule has 1 aliphatic rings. The second-order valence-electron chi connectivity index (χ2n) is 6.72. The van der Waals surface area contributed by atoms with Gasteiger partial charge in [0, 0.05) is 24.5 Å². The van der Waals surface area contributed by atoms with Crippen molar-refractivity contribution in [3.8, 4) is 5.75 Å². The summed E-state index contributed by atoms with van der Waals surface area (Å²) in [4.78, 5) is 14.8. The molecule has 1 aliphatic heterocycles. The molecule has 1 amide bonds. The number of hydrogen-bond acceptors (Lipinski definition) is 7. The van der Waals surface area contributed by atoms with Crippen molar-refractivity contribution in [1.29, 1.82) is 0 Å². The molecule has 9 heteroatoms. The summed E-state index contributed by atoms with van der Waals surface area (Å²) >= 11 is 0. The summed E-state index contributed by atoms with van der Waals surface area (Å²) in [6.07, 6.45) is 2.40. The van der Waals surface area contributed by atoms with Crippen LogP contribution in [0.3, 0.4) is 0 Å². The molecule has 9 nitrogen and oxygen atoms in total. The number of benzene rings is 1. The van der Waals surface area contributed by atoms with Gasteiger partial charge in [-0.1, -0.05) is 12.1 Å². The molecule has 0 bridgehead atoms. The molecule has 4 aromatic rings. The summed E-state index contributed by atoms with van der Waals surface area (Å²) in [6.45, 7) is 1.48. The normalized spacial score (nSPS) is 16.8. The van der Waals surface area contributed by atoms with Gasteiger partial charge in [0.15, 0.2) is 22.7 Å². The Morgan fingerprint density at radius 2 is 2.25 bits per heavy atom. The molecule has 28 heavy (non-hydrogen) atoms. The standard InChI is InChI=1S/C19H18N6O3/c1-27-14-4-2-3-12-9-15(28-18(12)14)19(26)21-13-7-8-24(10-13)17-6-5-16-22-20-11-25(16)23-17/h2-6,9,11,13H,7-8,10H2,1H3,(H,21,26). The van der Waals surface area contributed by atoms with E-state index >= 15 is 0 Å². The molecule has 3 aromatic heterocycles. The molecule has 1 atom stereocenters. The minimum atomic E-state index is -0.229. The van der Waals surface area contributed by atoms with Gasteiger partial charge in [-0.05, 0) is 30.7 Å². The topological polar surface area (TPSA) is 97.8 Å². The number of para-hydroxylation sites is 1. The second kappa shape index (κ2) is 6.52. The third-order valence-corrected chi connectivity index (χ3v) is 4.95. The Kier molecular flexibility index (Phi) is 3.85. The highest BCUT2D eigenvalue weighted by Crippen LogP contribution is 2.28. The molecule has 0 saturated carbocycles. The van der Waals surface area contributed by atoms with Crippen LogP contribution in [0.1, 0.15) is 17.0 Å².